The zero-order chi connectivity index (χ0) is 22.5. The number of morpholine rings is 1. The maximum atomic E-state index is 12.9. The van der Waals surface area contributed by atoms with Crippen molar-refractivity contribution >= 4 is 50.6 Å². The van der Waals surface area contributed by atoms with E-state index >= 15 is 0 Å². The van der Waals surface area contributed by atoms with Gasteiger partial charge >= 0.3 is 0 Å². The van der Waals surface area contributed by atoms with E-state index < -0.39 is 0 Å². The van der Waals surface area contributed by atoms with E-state index in [0.717, 1.165) is 49.0 Å². The summed E-state index contributed by atoms with van der Waals surface area (Å²) < 4.78 is 6.97. The van der Waals surface area contributed by atoms with Crippen LogP contribution in [0.25, 0.3) is 10.2 Å². The van der Waals surface area contributed by atoms with E-state index in [1.165, 1.54) is 23.1 Å². The number of thioether (sulfide) groups is 1. The molecule has 0 spiro atoms. The number of carbonyl (C=O) groups is 1. The minimum Gasteiger partial charge on any atom is -0.378 e. The van der Waals surface area contributed by atoms with Gasteiger partial charge in [0.1, 0.15) is 4.83 Å². The van der Waals surface area contributed by atoms with Crippen LogP contribution in [-0.4, -0.2) is 47.5 Å². The van der Waals surface area contributed by atoms with Crippen molar-refractivity contribution in [3.8, 4) is 0 Å². The van der Waals surface area contributed by atoms with E-state index in [2.05, 4.69) is 28.7 Å². The van der Waals surface area contributed by atoms with Crippen LogP contribution in [0.4, 0.5) is 11.4 Å². The molecule has 0 radical (unpaired) electrons. The highest BCUT2D eigenvalue weighted by Gasteiger charge is 2.15. The first kappa shape index (κ1) is 22.6. The molecule has 1 fully saturated rings. The number of allylic oxidation sites excluding steroid dienone is 1. The number of rotatable bonds is 8. The van der Waals surface area contributed by atoms with Gasteiger partial charge in [0.05, 0.1) is 24.4 Å². The molecule has 1 saturated heterocycles. The van der Waals surface area contributed by atoms with Gasteiger partial charge in [-0.05, 0) is 36.8 Å². The maximum Gasteiger partial charge on any atom is 0.263 e. The summed E-state index contributed by atoms with van der Waals surface area (Å²) in [4.78, 5) is 34.2. The molecule has 1 aliphatic heterocycles. The first-order chi connectivity index (χ1) is 15.6. The number of nitrogens with one attached hydrogen (secondary N) is 1. The molecule has 0 atom stereocenters. The van der Waals surface area contributed by atoms with Crippen LogP contribution < -0.4 is 15.8 Å². The SMILES string of the molecule is C=CCn1c(SCC(=O)Nc2ccc(N3CCOCC3)cc2)nc2sc(CC)cc2c1=O. The van der Waals surface area contributed by atoms with Crippen LogP contribution in [0.5, 0.6) is 0 Å². The molecule has 1 amide bonds. The van der Waals surface area contributed by atoms with Gasteiger partial charge in [0, 0.05) is 35.9 Å². The number of benzene rings is 1. The zero-order valence-corrected chi connectivity index (χ0v) is 19.6. The highest BCUT2D eigenvalue weighted by atomic mass is 32.2. The number of thiophene rings is 1. The van der Waals surface area contributed by atoms with Crippen molar-refractivity contribution in [2.75, 3.05) is 42.3 Å². The Labute approximate surface area is 195 Å². The second-order valence-corrected chi connectivity index (χ2v) is 9.42. The lowest BCUT2D eigenvalue weighted by atomic mass is 10.2. The topological polar surface area (TPSA) is 76.5 Å². The van der Waals surface area contributed by atoms with E-state index in [1.807, 2.05) is 30.3 Å². The Balaban J connectivity index is 1.43. The monoisotopic (exact) mass is 470 g/mol. The number of nitrogens with zero attached hydrogens (tertiary/aromatic N) is 3. The minimum atomic E-state index is -0.144. The Hall–Kier alpha value is -2.62. The number of ether oxygens (including phenoxy) is 1. The van der Waals surface area contributed by atoms with E-state index in [0.29, 0.717) is 21.9 Å². The molecule has 9 heteroatoms. The smallest absolute Gasteiger partial charge is 0.263 e. The molecule has 1 aliphatic rings. The molecule has 0 unspecified atom stereocenters. The summed E-state index contributed by atoms with van der Waals surface area (Å²) in [6, 6.07) is 9.74. The Morgan fingerprint density at radius 3 is 2.75 bits per heavy atom. The number of anilines is 2. The largest absolute Gasteiger partial charge is 0.378 e. The predicted molar refractivity (Wildman–Crippen MR) is 132 cm³/mol. The standard InChI is InChI=1S/C23H26N4O3S2/c1-3-9-27-22(29)19-14-18(4-2)32-21(19)25-23(27)31-15-20(28)24-16-5-7-17(8-6-16)26-10-12-30-13-11-26/h3,5-8,14H,1,4,9-13,15H2,2H3,(H,24,28). The third kappa shape index (κ3) is 5.06. The van der Waals surface area contributed by atoms with Gasteiger partial charge in [-0.25, -0.2) is 4.98 Å². The van der Waals surface area contributed by atoms with Crippen molar-refractivity contribution in [1.29, 1.82) is 0 Å². The first-order valence-electron chi connectivity index (χ1n) is 10.6. The molecule has 3 heterocycles. The predicted octanol–water partition coefficient (Wildman–Crippen LogP) is 3.77. The number of hydrogen-bond acceptors (Lipinski definition) is 7. The molecule has 4 rings (SSSR count). The maximum absolute atomic E-state index is 12.9. The van der Waals surface area contributed by atoms with Gasteiger partial charge in [-0.1, -0.05) is 24.8 Å². The highest BCUT2D eigenvalue weighted by Crippen LogP contribution is 2.25. The van der Waals surface area contributed by atoms with Crippen LogP contribution in [0.2, 0.25) is 0 Å². The Bertz CT molecular complexity index is 1160. The van der Waals surface area contributed by atoms with Crippen LogP contribution in [0.3, 0.4) is 0 Å². The number of aromatic nitrogens is 2. The lowest BCUT2D eigenvalue weighted by Crippen LogP contribution is -2.36. The minimum absolute atomic E-state index is 0.0903. The van der Waals surface area contributed by atoms with Crippen LogP contribution in [-0.2, 0) is 22.5 Å². The summed E-state index contributed by atoms with van der Waals surface area (Å²) in [5.41, 5.74) is 1.77. The average molecular weight is 471 g/mol. The molecule has 3 aromatic rings. The lowest BCUT2D eigenvalue weighted by molar-refractivity contribution is -0.113. The van der Waals surface area contributed by atoms with Gasteiger partial charge in [-0.2, -0.15) is 0 Å². The molecular formula is C23H26N4O3S2. The van der Waals surface area contributed by atoms with Crippen LogP contribution in [0.1, 0.15) is 11.8 Å². The third-order valence-corrected chi connectivity index (χ3v) is 7.34. The van der Waals surface area contributed by atoms with Crippen LogP contribution >= 0.6 is 23.1 Å². The fourth-order valence-electron chi connectivity index (χ4n) is 3.53. The van der Waals surface area contributed by atoms with E-state index in [-0.39, 0.29) is 17.2 Å². The van der Waals surface area contributed by atoms with E-state index in [9.17, 15) is 9.59 Å². The number of amides is 1. The molecular weight excluding hydrogens is 444 g/mol. The second-order valence-electron chi connectivity index (χ2n) is 7.37. The molecule has 0 aliphatic carbocycles. The van der Waals surface area contributed by atoms with Gasteiger partial charge in [-0.15, -0.1) is 17.9 Å². The third-order valence-electron chi connectivity index (χ3n) is 5.19. The summed E-state index contributed by atoms with van der Waals surface area (Å²) in [6.07, 6.45) is 2.53. The number of carbonyl (C=O) groups excluding carboxylic acids is 1. The highest BCUT2D eigenvalue weighted by molar-refractivity contribution is 7.99. The Morgan fingerprint density at radius 1 is 1.31 bits per heavy atom. The molecule has 0 bridgehead atoms. The zero-order valence-electron chi connectivity index (χ0n) is 18.0. The van der Waals surface area contributed by atoms with Crippen molar-refractivity contribution in [2.45, 2.75) is 25.0 Å². The molecule has 32 heavy (non-hydrogen) atoms. The normalized spacial score (nSPS) is 14.0. The van der Waals surface area contributed by atoms with Gasteiger partial charge < -0.3 is 15.0 Å². The van der Waals surface area contributed by atoms with Gasteiger partial charge in [-0.3, -0.25) is 14.2 Å². The first-order valence-corrected chi connectivity index (χ1v) is 12.4. The van der Waals surface area contributed by atoms with Crippen LogP contribution in [0, 0.1) is 0 Å². The summed E-state index contributed by atoms with van der Waals surface area (Å²) in [5, 5.41) is 4.08. The molecule has 0 saturated carbocycles. The van der Waals surface area contributed by atoms with Gasteiger partial charge in [0.25, 0.3) is 5.56 Å². The number of hydrogen-bond donors (Lipinski definition) is 1. The summed E-state index contributed by atoms with van der Waals surface area (Å²) in [5.74, 6) is 0.0146. The van der Waals surface area contributed by atoms with Gasteiger partial charge in [0.2, 0.25) is 5.91 Å². The van der Waals surface area contributed by atoms with Gasteiger partial charge in [0.15, 0.2) is 5.16 Å². The molecule has 1 aromatic carbocycles. The van der Waals surface area contributed by atoms with Crippen molar-refractivity contribution < 1.29 is 9.53 Å². The van der Waals surface area contributed by atoms with Crippen molar-refractivity contribution in [2.24, 2.45) is 0 Å². The van der Waals surface area contributed by atoms with Crippen LogP contribution in [0.15, 0.2) is 52.9 Å². The van der Waals surface area contributed by atoms with Crippen molar-refractivity contribution in [3.05, 3.63) is 58.2 Å². The Morgan fingerprint density at radius 2 is 2.06 bits per heavy atom. The molecule has 1 N–H and O–H groups in total. The lowest BCUT2D eigenvalue weighted by Gasteiger charge is -2.28. The summed E-state index contributed by atoms with van der Waals surface area (Å²) >= 11 is 2.79. The molecule has 7 nitrogen and oxygen atoms in total. The average Bonchev–Trinajstić information content (AvgIpc) is 3.24. The summed E-state index contributed by atoms with van der Waals surface area (Å²) in [6.45, 7) is 9.37. The summed E-state index contributed by atoms with van der Waals surface area (Å²) in [7, 11) is 0. The number of aryl methyl sites for hydroxylation is 1. The van der Waals surface area contributed by atoms with E-state index in [1.54, 1.807) is 10.6 Å². The molecule has 2 aromatic heterocycles. The fraction of sp³-hybridized carbons (Fsp3) is 0.348. The second kappa shape index (κ2) is 10.3. The van der Waals surface area contributed by atoms with Crippen molar-refractivity contribution in [3.63, 3.8) is 0 Å². The molecule has 168 valence electrons. The van der Waals surface area contributed by atoms with E-state index in [4.69, 9.17) is 4.74 Å². The number of fused-ring (bicyclic) bond motifs is 1. The fourth-order valence-corrected chi connectivity index (χ4v) is 5.34. The van der Waals surface area contributed by atoms with Crippen molar-refractivity contribution in [1.82, 2.24) is 9.55 Å². The quantitative estimate of drug-likeness (QED) is 0.307. The Kier molecular flexibility index (Phi) is 7.29.